The van der Waals surface area contributed by atoms with Crippen LogP contribution < -0.4 is 21.1 Å². The van der Waals surface area contributed by atoms with Crippen molar-refractivity contribution in [1.29, 1.82) is 0 Å². The Kier molecular flexibility index (Phi) is 7.49. The van der Waals surface area contributed by atoms with Crippen molar-refractivity contribution in [1.82, 2.24) is 30.2 Å². The standard InChI is InChI=1S/C22H29FN8O3/c1-12(28-21(32)33-5)9-27-20-25-7-6-14(29-20)17-16(30-19(31-17)22(2,3)4)13-8-15(34-11-23)18(24)26-10-13/h6-8,10,12H,9,11H2,1-5H3,(H2,24,26)(H,28,32)(H,30,31)(H,25,27,29)/t12-/m0/s1. The van der Waals surface area contributed by atoms with Gasteiger partial charge < -0.3 is 30.8 Å². The molecule has 0 spiro atoms. The largest absolute Gasteiger partial charge is 0.459 e. The van der Waals surface area contributed by atoms with Crippen LogP contribution in [0, 0.1) is 0 Å². The molecule has 3 heterocycles. The molecule has 0 aliphatic rings. The van der Waals surface area contributed by atoms with Gasteiger partial charge in [-0.1, -0.05) is 20.8 Å². The van der Waals surface area contributed by atoms with E-state index >= 15 is 0 Å². The maximum Gasteiger partial charge on any atom is 0.407 e. The van der Waals surface area contributed by atoms with Crippen LogP contribution in [0.1, 0.15) is 33.5 Å². The predicted molar refractivity (Wildman–Crippen MR) is 126 cm³/mol. The average molecular weight is 473 g/mol. The third kappa shape index (κ3) is 5.88. The highest BCUT2D eigenvalue weighted by Crippen LogP contribution is 2.35. The van der Waals surface area contributed by atoms with Gasteiger partial charge in [0.05, 0.1) is 24.2 Å². The first kappa shape index (κ1) is 24.7. The van der Waals surface area contributed by atoms with Crippen LogP contribution >= 0.6 is 0 Å². The number of carbonyl (C=O) groups is 1. The first-order chi connectivity index (χ1) is 16.1. The molecule has 1 atom stereocenters. The summed E-state index contributed by atoms with van der Waals surface area (Å²) in [5.74, 6) is 1.30. The molecule has 0 fully saturated rings. The zero-order valence-corrected chi connectivity index (χ0v) is 19.8. The summed E-state index contributed by atoms with van der Waals surface area (Å²) in [5.41, 5.74) is 7.88. The van der Waals surface area contributed by atoms with Gasteiger partial charge in [-0.15, -0.1) is 0 Å². The molecule has 3 aromatic heterocycles. The molecular formula is C22H29FN8O3. The van der Waals surface area contributed by atoms with E-state index in [9.17, 15) is 9.18 Å². The monoisotopic (exact) mass is 472 g/mol. The summed E-state index contributed by atoms with van der Waals surface area (Å²) in [6.45, 7) is 7.26. The fourth-order valence-corrected chi connectivity index (χ4v) is 3.02. The van der Waals surface area contributed by atoms with Crippen molar-refractivity contribution in [3.63, 3.8) is 0 Å². The van der Waals surface area contributed by atoms with E-state index in [4.69, 9.17) is 15.5 Å². The second-order valence-electron chi connectivity index (χ2n) is 8.60. The molecule has 34 heavy (non-hydrogen) atoms. The molecule has 5 N–H and O–H groups in total. The number of alkyl halides is 1. The number of methoxy groups -OCH3 is 1. The number of H-pyrrole nitrogens is 1. The molecule has 3 aromatic rings. The molecular weight excluding hydrogens is 443 g/mol. The van der Waals surface area contributed by atoms with E-state index < -0.39 is 13.0 Å². The highest BCUT2D eigenvalue weighted by molar-refractivity contribution is 5.78. The van der Waals surface area contributed by atoms with Crippen molar-refractivity contribution in [3.05, 3.63) is 30.4 Å². The summed E-state index contributed by atoms with van der Waals surface area (Å²) in [6.07, 6.45) is 2.64. The summed E-state index contributed by atoms with van der Waals surface area (Å²) in [6, 6.07) is 3.12. The molecule has 1 amide bonds. The van der Waals surface area contributed by atoms with Crippen LogP contribution in [0.5, 0.6) is 5.75 Å². The van der Waals surface area contributed by atoms with Crippen molar-refractivity contribution < 1.29 is 18.7 Å². The maximum atomic E-state index is 12.8. The van der Waals surface area contributed by atoms with Crippen molar-refractivity contribution in [2.24, 2.45) is 0 Å². The van der Waals surface area contributed by atoms with Gasteiger partial charge in [-0.2, -0.15) is 0 Å². The number of alkyl carbamates (subject to hydrolysis) is 1. The predicted octanol–water partition coefficient (Wildman–Crippen LogP) is 3.27. The Hall–Kier alpha value is -3.96. The van der Waals surface area contributed by atoms with E-state index in [1.807, 2.05) is 27.7 Å². The van der Waals surface area contributed by atoms with Gasteiger partial charge in [0.2, 0.25) is 12.8 Å². The second kappa shape index (κ2) is 10.3. The van der Waals surface area contributed by atoms with Gasteiger partial charge in [0.15, 0.2) is 11.6 Å². The zero-order valence-electron chi connectivity index (χ0n) is 19.8. The number of anilines is 2. The van der Waals surface area contributed by atoms with Crippen molar-refractivity contribution >= 4 is 17.9 Å². The summed E-state index contributed by atoms with van der Waals surface area (Å²) < 4.78 is 22.3. The molecule has 0 bridgehead atoms. The number of nitrogens with zero attached hydrogens (tertiary/aromatic N) is 4. The Morgan fingerprint density at radius 1 is 1.29 bits per heavy atom. The molecule has 0 unspecified atom stereocenters. The summed E-state index contributed by atoms with van der Waals surface area (Å²) >= 11 is 0. The molecule has 11 nitrogen and oxygen atoms in total. The van der Waals surface area contributed by atoms with E-state index in [1.54, 1.807) is 24.5 Å². The van der Waals surface area contributed by atoms with E-state index in [0.29, 0.717) is 35.1 Å². The van der Waals surface area contributed by atoms with Crippen molar-refractivity contribution in [2.75, 3.05) is 31.6 Å². The average Bonchev–Trinajstić information content (AvgIpc) is 3.26. The smallest absolute Gasteiger partial charge is 0.407 e. The van der Waals surface area contributed by atoms with Gasteiger partial charge in [0, 0.05) is 36.0 Å². The minimum Gasteiger partial charge on any atom is -0.459 e. The van der Waals surface area contributed by atoms with Gasteiger partial charge in [0.25, 0.3) is 0 Å². The molecule has 0 aliphatic heterocycles. The Labute approximate surface area is 196 Å². The third-order valence-electron chi connectivity index (χ3n) is 4.81. The number of imidazole rings is 1. The molecule has 3 rings (SSSR count). The number of nitrogen functional groups attached to an aromatic ring is 1. The number of nitrogens with one attached hydrogen (secondary N) is 3. The Bertz CT molecular complexity index is 1150. The zero-order chi connectivity index (χ0) is 24.9. The van der Waals surface area contributed by atoms with E-state index in [0.717, 1.165) is 5.82 Å². The number of aromatic nitrogens is 5. The number of halogens is 1. The van der Waals surface area contributed by atoms with Crippen molar-refractivity contribution in [3.8, 4) is 28.4 Å². The van der Waals surface area contributed by atoms with Crippen LogP contribution in [0.3, 0.4) is 0 Å². The van der Waals surface area contributed by atoms with Crippen molar-refractivity contribution in [2.45, 2.75) is 39.2 Å². The lowest BCUT2D eigenvalue weighted by molar-refractivity contribution is 0.168. The first-order valence-electron chi connectivity index (χ1n) is 10.6. The topological polar surface area (TPSA) is 153 Å². The number of pyridine rings is 1. The number of hydrogen-bond donors (Lipinski definition) is 4. The fourth-order valence-electron chi connectivity index (χ4n) is 3.02. The van der Waals surface area contributed by atoms with Gasteiger partial charge in [-0.25, -0.2) is 29.1 Å². The normalized spacial score (nSPS) is 12.2. The van der Waals surface area contributed by atoms with Gasteiger partial charge >= 0.3 is 6.09 Å². The second-order valence-corrected chi connectivity index (χ2v) is 8.60. The highest BCUT2D eigenvalue weighted by atomic mass is 19.1. The van der Waals surface area contributed by atoms with Gasteiger partial charge in [0.1, 0.15) is 5.82 Å². The van der Waals surface area contributed by atoms with Crippen LogP contribution in [0.4, 0.5) is 21.0 Å². The van der Waals surface area contributed by atoms with Crippen LogP contribution in [0.15, 0.2) is 24.5 Å². The lowest BCUT2D eigenvalue weighted by atomic mass is 9.96. The van der Waals surface area contributed by atoms with Gasteiger partial charge in [-0.05, 0) is 19.1 Å². The number of nitrogens with two attached hydrogens (primary N) is 1. The molecule has 12 heteroatoms. The highest BCUT2D eigenvalue weighted by Gasteiger charge is 2.24. The van der Waals surface area contributed by atoms with Crippen LogP contribution in [0.25, 0.3) is 22.6 Å². The lowest BCUT2D eigenvalue weighted by Crippen LogP contribution is -2.37. The summed E-state index contributed by atoms with van der Waals surface area (Å²) in [5, 5.41) is 5.76. The quantitative estimate of drug-likeness (QED) is 0.387. The first-order valence-corrected chi connectivity index (χ1v) is 10.6. The number of aromatic amines is 1. The minimum atomic E-state index is -1.03. The molecule has 0 saturated heterocycles. The number of rotatable bonds is 8. The summed E-state index contributed by atoms with van der Waals surface area (Å²) in [7, 11) is 1.30. The minimum absolute atomic E-state index is 0.0812. The molecule has 0 saturated carbocycles. The van der Waals surface area contributed by atoms with Crippen LogP contribution in [0.2, 0.25) is 0 Å². The molecule has 0 radical (unpaired) electrons. The van der Waals surface area contributed by atoms with E-state index in [-0.39, 0.29) is 23.0 Å². The summed E-state index contributed by atoms with van der Waals surface area (Å²) in [4.78, 5) is 32.5. The lowest BCUT2D eigenvalue weighted by Gasteiger charge is -2.14. The van der Waals surface area contributed by atoms with E-state index in [2.05, 4.69) is 35.3 Å². The third-order valence-corrected chi connectivity index (χ3v) is 4.81. The Morgan fingerprint density at radius 3 is 2.74 bits per heavy atom. The van der Waals surface area contributed by atoms with E-state index in [1.165, 1.54) is 7.11 Å². The Balaban J connectivity index is 1.97. The number of hydrogen-bond acceptors (Lipinski definition) is 9. The molecule has 182 valence electrons. The molecule has 0 aliphatic carbocycles. The van der Waals surface area contributed by atoms with Crippen LogP contribution in [-0.2, 0) is 10.2 Å². The van der Waals surface area contributed by atoms with Crippen LogP contribution in [-0.4, -0.2) is 57.6 Å². The number of ether oxygens (including phenoxy) is 2. The molecule has 0 aromatic carbocycles. The van der Waals surface area contributed by atoms with Gasteiger partial charge in [-0.3, -0.25) is 0 Å². The SMILES string of the molecule is COC(=O)N[C@@H](C)CNc1nccc(-c2[nH]c(C(C)(C)C)nc2-c2cnc(N)c(OCF)c2)n1. The number of amides is 1. The number of carbonyl (C=O) groups excluding carboxylic acids is 1. The maximum absolute atomic E-state index is 12.8. The fraction of sp³-hybridized carbons (Fsp3) is 0.409. The Morgan fingerprint density at radius 2 is 2.06 bits per heavy atom.